The lowest BCUT2D eigenvalue weighted by Gasteiger charge is -2.08. The van der Waals surface area contributed by atoms with Crippen LogP contribution in [0.2, 0.25) is 0 Å². The Morgan fingerprint density at radius 3 is 2.73 bits per heavy atom. The molecule has 0 unspecified atom stereocenters. The van der Waals surface area contributed by atoms with E-state index >= 15 is 0 Å². The van der Waals surface area contributed by atoms with Gasteiger partial charge < -0.3 is 10.1 Å². The molecule has 2 aromatic carbocycles. The Morgan fingerprint density at radius 2 is 1.95 bits per heavy atom. The minimum Gasteiger partial charge on any atom is -0.377 e. The predicted octanol–water partition coefficient (Wildman–Crippen LogP) is 3.92. The zero-order valence-electron chi connectivity index (χ0n) is 12.0. The van der Waals surface area contributed by atoms with Crippen molar-refractivity contribution in [3.05, 3.63) is 69.9 Å². The molecule has 0 aliphatic carbocycles. The van der Waals surface area contributed by atoms with Crippen molar-refractivity contribution >= 4 is 21.8 Å². The third-order valence-corrected chi connectivity index (χ3v) is 3.73. The highest BCUT2D eigenvalue weighted by atomic mass is 79.9. The lowest BCUT2D eigenvalue weighted by atomic mass is 10.2. The van der Waals surface area contributed by atoms with E-state index in [4.69, 9.17) is 4.74 Å². The number of rotatable bonds is 7. The number of ether oxygens (including phenoxy) is 1. The van der Waals surface area contributed by atoms with Crippen molar-refractivity contribution in [2.24, 2.45) is 0 Å². The highest BCUT2D eigenvalue weighted by Gasteiger charge is 2.10. The second-order valence-corrected chi connectivity index (χ2v) is 5.63. The van der Waals surface area contributed by atoms with Crippen LogP contribution in [-0.2, 0) is 11.3 Å². The van der Waals surface area contributed by atoms with Crippen LogP contribution in [0.3, 0.4) is 0 Å². The Hall–Kier alpha value is -1.72. The molecule has 0 saturated carbocycles. The van der Waals surface area contributed by atoms with Crippen LogP contribution < -0.4 is 5.32 Å². The molecule has 0 aliphatic rings. The quantitative estimate of drug-likeness (QED) is 0.755. The molecule has 116 valence electrons. The summed E-state index contributed by atoms with van der Waals surface area (Å²) in [6.45, 7) is 1.60. The van der Waals surface area contributed by atoms with Crippen molar-refractivity contribution in [3.63, 3.8) is 0 Å². The van der Waals surface area contributed by atoms with Crippen LogP contribution in [0.25, 0.3) is 0 Å². The van der Waals surface area contributed by atoms with Gasteiger partial charge in [-0.2, -0.15) is 0 Å². The summed E-state index contributed by atoms with van der Waals surface area (Å²) in [6, 6.07) is 13.9. The summed E-state index contributed by atoms with van der Waals surface area (Å²) >= 11 is 3.24. The molecule has 2 rings (SSSR count). The van der Waals surface area contributed by atoms with Gasteiger partial charge in [-0.1, -0.05) is 30.3 Å². The van der Waals surface area contributed by atoms with E-state index in [9.17, 15) is 9.18 Å². The zero-order chi connectivity index (χ0) is 15.8. The minimum absolute atomic E-state index is 0.296. The van der Waals surface area contributed by atoms with Gasteiger partial charge >= 0.3 is 0 Å². The van der Waals surface area contributed by atoms with Gasteiger partial charge in [0.2, 0.25) is 0 Å². The second-order valence-electron chi connectivity index (χ2n) is 4.77. The van der Waals surface area contributed by atoms with Crippen LogP contribution in [0.5, 0.6) is 0 Å². The highest BCUT2D eigenvalue weighted by Crippen LogP contribution is 2.17. The normalized spacial score (nSPS) is 10.5. The van der Waals surface area contributed by atoms with Gasteiger partial charge in [0, 0.05) is 17.6 Å². The summed E-state index contributed by atoms with van der Waals surface area (Å²) in [5, 5.41) is 2.75. The van der Waals surface area contributed by atoms with Crippen molar-refractivity contribution < 1.29 is 13.9 Å². The third kappa shape index (κ3) is 5.24. The molecule has 3 nitrogen and oxygen atoms in total. The predicted molar refractivity (Wildman–Crippen MR) is 87.1 cm³/mol. The summed E-state index contributed by atoms with van der Waals surface area (Å²) in [7, 11) is 0. The Morgan fingerprint density at radius 1 is 1.18 bits per heavy atom. The van der Waals surface area contributed by atoms with Gasteiger partial charge in [0.25, 0.3) is 5.91 Å². The van der Waals surface area contributed by atoms with E-state index in [2.05, 4.69) is 21.2 Å². The third-order valence-electron chi connectivity index (χ3n) is 3.04. The van der Waals surface area contributed by atoms with E-state index in [-0.39, 0.29) is 5.91 Å². The van der Waals surface area contributed by atoms with Gasteiger partial charge in [-0.25, -0.2) is 4.39 Å². The Labute approximate surface area is 137 Å². The summed E-state index contributed by atoms with van der Waals surface area (Å²) < 4.78 is 19.2. The first kappa shape index (κ1) is 16.6. The average Bonchev–Trinajstić information content (AvgIpc) is 2.54. The monoisotopic (exact) mass is 365 g/mol. The summed E-state index contributed by atoms with van der Waals surface area (Å²) in [4.78, 5) is 11.9. The number of carbonyl (C=O) groups excluding carboxylic acids is 1. The standard InChI is InChI=1S/C17H17BrFNO2/c18-16-8-7-14(19)11-15(16)17(21)20-9-4-10-22-12-13-5-2-1-3-6-13/h1-3,5-8,11H,4,9-10,12H2,(H,20,21). The number of amides is 1. The molecular formula is C17H17BrFNO2. The number of hydrogen-bond donors (Lipinski definition) is 1. The number of benzene rings is 2. The van der Waals surface area contributed by atoms with Crippen LogP contribution in [0.15, 0.2) is 53.0 Å². The van der Waals surface area contributed by atoms with Crippen LogP contribution >= 0.6 is 15.9 Å². The fourth-order valence-electron chi connectivity index (χ4n) is 1.91. The molecule has 0 radical (unpaired) electrons. The lowest BCUT2D eigenvalue weighted by molar-refractivity contribution is 0.0933. The maximum atomic E-state index is 13.1. The zero-order valence-corrected chi connectivity index (χ0v) is 13.6. The summed E-state index contributed by atoms with van der Waals surface area (Å²) in [6.07, 6.45) is 0.700. The molecule has 0 bridgehead atoms. The number of hydrogen-bond acceptors (Lipinski definition) is 2. The molecule has 0 aromatic heterocycles. The minimum atomic E-state index is -0.431. The van der Waals surface area contributed by atoms with Crippen molar-refractivity contribution in [3.8, 4) is 0 Å². The van der Waals surface area contributed by atoms with E-state index < -0.39 is 5.82 Å². The molecule has 0 saturated heterocycles. The van der Waals surface area contributed by atoms with E-state index in [1.807, 2.05) is 30.3 Å². The van der Waals surface area contributed by atoms with E-state index in [1.54, 1.807) is 0 Å². The molecule has 0 atom stereocenters. The second kappa shape index (κ2) is 8.66. The van der Waals surface area contributed by atoms with Gasteiger partial charge in [0.15, 0.2) is 0 Å². The number of nitrogens with one attached hydrogen (secondary N) is 1. The Balaban J connectivity index is 1.66. The summed E-state index contributed by atoms with van der Waals surface area (Å²) in [5.41, 5.74) is 1.42. The SMILES string of the molecule is O=C(NCCCOCc1ccccc1)c1cc(F)ccc1Br. The fraction of sp³-hybridized carbons (Fsp3) is 0.235. The molecule has 0 aliphatic heterocycles. The van der Waals surface area contributed by atoms with Gasteiger partial charge in [-0.15, -0.1) is 0 Å². The molecule has 22 heavy (non-hydrogen) atoms. The topological polar surface area (TPSA) is 38.3 Å². The highest BCUT2D eigenvalue weighted by molar-refractivity contribution is 9.10. The first-order valence-corrected chi connectivity index (χ1v) is 7.81. The molecule has 2 aromatic rings. The van der Waals surface area contributed by atoms with Gasteiger partial charge in [-0.05, 0) is 46.1 Å². The molecule has 0 fully saturated rings. The Kier molecular flexibility index (Phi) is 6.55. The van der Waals surface area contributed by atoms with Crippen molar-refractivity contribution in [2.75, 3.05) is 13.2 Å². The first-order chi connectivity index (χ1) is 10.7. The summed E-state index contributed by atoms with van der Waals surface area (Å²) in [5.74, 6) is -0.728. The molecule has 5 heteroatoms. The first-order valence-electron chi connectivity index (χ1n) is 7.02. The van der Waals surface area contributed by atoms with Crippen LogP contribution in [0, 0.1) is 5.82 Å². The van der Waals surface area contributed by atoms with Crippen LogP contribution in [0.4, 0.5) is 4.39 Å². The average molecular weight is 366 g/mol. The number of carbonyl (C=O) groups is 1. The maximum absolute atomic E-state index is 13.1. The number of halogens is 2. The lowest BCUT2D eigenvalue weighted by Crippen LogP contribution is -2.25. The Bertz CT molecular complexity index is 619. The molecule has 0 spiro atoms. The molecular weight excluding hydrogens is 349 g/mol. The fourth-order valence-corrected chi connectivity index (χ4v) is 2.33. The van der Waals surface area contributed by atoms with Crippen LogP contribution in [-0.4, -0.2) is 19.1 Å². The molecule has 0 heterocycles. The largest absolute Gasteiger partial charge is 0.377 e. The van der Waals surface area contributed by atoms with Gasteiger partial charge in [-0.3, -0.25) is 4.79 Å². The van der Waals surface area contributed by atoms with Gasteiger partial charge in [0.1, 0.15) is 5.82 Å². The van der Waals surface area contributed by atoms with E-state index in [0.717, 1.165) is 5.56 Å². The van der Waals surface area contributed by atoms with Crippen molar-refractivity contribution in [1.29, 1.82) is 0 Å². The molecule has 1 N–H and O–H groups in total. The maximum Gasteiger partial charge on any atom is 0.252 e. The van der Waals surface area contributed by atoms with Gasteiger partial charge in [0.05, 0.1) is 12.2 Å². The smallest absolute Gasteiger partial charge is 0.252 e. The van der Waals surface area contributed by atoms with E-state index in [0.29, 0.717) is 36.2 Å². The van der Waals surface area contributed by atoms with Crippen molar-refractivity contribution in [2.45, 2.75) is 13.0 Å². The molecule has 1 amide bonds. The van der Waals surface area contributed by atoms with E-state index in [1.165, 1.54) is 18.2 Å². The van der Waals surface area contributed by atoms with Crippen LogP contribution in [0.1, 0.15) is 22.3 Å². The van der Waals surface area contributed by atoms with Crippen molar-refractivity contribution in [1.82, 2.24) is 5.32 Å².